The van der Waals surface area contributed by atoms with Crippen LogP contribution in [-0.2, 0) is 11.2 Å². The highest BCUT2D eigenvalue weighted by molar-refractivity contribution is 6.31. The highest BCUT2D eigenvalue weighted by Crippen LogP contribution is 2.60. The molecule has 2 nitrogen and oxygen atoms in total. The number of benzene rings is 1. The lowest BCUT2D eigenvalue weighted by atomic mass is 9.77. The second kappa shape index (κ2) is 6.23. The van der Waals surface area contributed by atoms with Crippen molar-refractivity contribution in [2.45, 2.75) is 25.7 Å². The SMILES string of the molecule is COCCNCC1(Cc2c(F)cccc2Cl)CC2CC2C1. The second-order valence-corrected chi connectivity index (χ2v) is 7.12. The Morgan fingerprint density at radius 1 is 1.38 bits per heavy atom. The van der Waals surface area contributed by atoms with E-state index in [-0.39, 0.29) is 11.2 Å². The molecule has 0 aromatic heterocycles. The van der Waals surface area contributed by atoms with Crippen LogP contribution in [0, 0.1) is 23.1 Å². The predicted octanol–water partition coefficient (Wildman–Crippen LogP) is 3.67. The fraction of sp³-hybridized carbons (Fsp3) is 0.647. The highest BCUT2D eigenvalue weighted by Gasteiger charge is 2.53. The molecule has 21 heavy (non-hydrogen) atoms. The van der Waals surface area contributed by atoms with Gasteiger partial charge in [0.15, 0.2) is 0 Å². The molecule has 2 aliphatic carbocycles. The van der Waals surface area contributed by atoms with Gasteiger partial charge in [0.05, 0.1) is 6.61 Å². The van der Waals surface area contributed by atoms with Crippen LogP contribution in [0.1, 0.15) is 24.8 Å². The maximum atomic E-state index is 14.1. The van der Waals surface area contributed by atoms with E-state index in [0.717, 1.165) is 31.3 Å². The summed E-state index contributed by atoms with van der Waals surface area (Å²) in [5.74, 6) is 1.55. The summed E-state index contributed by atoms with van der Waals surface area (Å²) in [6.07, 6.45) is 4.50. The van der Waals surface area contributed by atoms with Crippen molar-refractivity contribution < 1.29 is 9.13 Å². The standard InChI is InChI=1S/C17H23ClFNO/c1-21-6-5-20-11-17(8-12-7-13(12)9-17)10-14-15(18)3-2-4-16(14)19/h2-4,12-13,20H,5-11H2,1H3. The molecular formula is C17H23ClFNO. The van der Waals surface area contributed by atoms with Crippen LogP contribution in [0.25, 0.3) is 0 Å². The van der Waals surface area contributed by atoms with Gasteiger partial charge in [-0.05, 0) is 55.1 Å². The van der Waals surface area contributed by atoms with Crippen LogP contribution in [-0.4, -0.2) is 26.8 Å². The van der Waals surface area contributed by atoms with E-state index in [9.17, 15) is 4.39 Å². The first-order valence-corrected chi connectivity index (χ1v) is 8.14. The molecular weight excluding hydrogens is 289 g/mol. The topological polar surface area (TPSA) is 21.3 Å². The highest BCUT2D eigenvalue weighted by atomic mass is 35.5. The van der Waals surface area contributed by atoms with E-state index < -0.39 is 0 Å². The Morgan fingerprint density at radius 3 is 2.81 bits per heavy atom. The van der Waals surface area contributed by atoms with Crippen LogP contribution >= 0.6 is 11.6 Å². The largest absolute Gasteiger partial charge is 0.383 e. The molecule has 116 valence electrons. The van der Waals surface area contributed by atoms with Crippen molar-refractivity contribution in [1.82, 2.24) is 5.32 Å². The Labute approximate surface area is 131 Å². The molecule has 4 heteroatoms. The first kappa shape index (κ1) is 15.3. The van der Waals surface area contributed by atoms with Crippen LogP contribution in [0.15, 0.2) is 18.2 Å². The molecule has 0 spiro atoms. The molecule has 2 saturated carbocycles. The van der Waals surface area contributed by atoms with Gasteiger partial charge >= 0.3 is 0 Å². The third-order valence-electron chi connectivity index (χ3n) is 5.06. The van der Waals surface area contributed by atoms with E-state index in [1.54, 1.807) is 19.2 Å². The van der Waals surface area contributed by atoms with E-state index in [2.05, 4.69) is 5.32 Å². The minimum absolute atomic E-state index is 0.160. The van der Waals surface area contributed by atoms with Crippen LogP contribution in [0.2, 0.25) is 5.02 Å². The van der Waals surface area contributed by atoms with Crippen molar-refractivity contribution in [1.29, 1.82) is 0 Å². The summed E-state index contributed by atoms with van der Waals surface area (Å²) in [6.45, 7) is 2.48. The third kappa shape index (κ3) is 3.41. The molecule has 1 N–H and O–H groups in total. The number of hydrogen-bond donors (Lipinski definition) is 1. The van der Waals surface area contributed by atoms with Crippen molar-refractivity contribution >= 4 is 11.6 Å². The zero-order valence-corrected chi connectivity index (χ0v) is 13.3. The molecule has 0 amide bonds. The summed E-state index contributed by atoms with van der Waals surface area (Å²) >= 11 is 6.22. The molecule has 0 bridgehead atoms. The van der Waals surface area contributed by atoms with Crippen LogP contribution in [0.4, 0.5) is 4.39 Å². The van der Waals surface area contributed by atoms with Gasteiger partial charge in [-0.3, -0.25) is 0 Å². The fourth-order valence-electron chi connectivity index (χ4n) is 3.96. The van der Waals surface area contributed by atoms with Crippen molar-refractivity contribution in [3.05, 3.63) is 34.6 Å². The summed E-state index contributed by atoms with van der Waals surface area (Å²) in [7, 11) is 1.71. The van der Waals surface area contributed by atoms with Crippen LogP contribution < -0.4 is 5.32 Å². The van der Waals surface area contributed by atoms with E-state index in [0.29, 0.717) is 17.2 Å². The molecule has 0 radical (unpaired) electrons. The van der Waals surface area contributed by atoms with Gasteiger partial charge in [0.1, 0.15) is 5.82 Å². The van der Waals surface area contributed by atoms with Crippen molar-refractivity contribution in [3.8, 4) is 0 Å². The van der Waals surface area contributed by atoms with Gasteiger partial charge in [0.2, 0.25) is 0 Å². The molecule has 2 atom stereocenters. The van der Waals surface area contributed by atoms with Gasteiger partial charge in [0, 0.05) is 30.8 Å². The Morgan fingerprint density at radius 2 is 2.14 bits per heavy atom. The number of ether oxygens (including phenoxy) is 1. The maximum absolute atomic E-state index is 14.1. The monoisotopic (exact) mass is 311 g/mol. The summed E-state index contributed by atoms with van der Waals surface area (Å²) in [5.41, 5.74) is 0.849. The lowest BCUT2D eigenvalue weighted by molar-refractivity contribution is 0.186. The van der Waals surface area contributed by atoms with Gasteiger partial charge in [-0.2, -0.15) is 0 Å². The minimum atomic E-state index is -0.167. The van der Waals surface area contributed by atoms with Crippen LogP contribution in [0.3, 0.4) is 0 Å². The van der Waals surface area contributed by atoms with Gasteiger partial charge in [-0.25, -0.2) is 4.39 Å². The molecule has 1 aromatic carbocycles. The molecule has 2 fully saturated rings. The zero-order valence-electron chi connectivity index (χ0n) is 12.5. The smallest absolute Gasteiger partial charge is 0.127 e. The fourth-order valence-corrected chi connectivity index (χ4v) is 4.19. The summed E-state index contributed by atoms with van der Waals surface area (Å²) in [4.78, 5) is 0. The normalized spacial score (nSPS) is 30.4. The molecule has 0 saturated heterocycles. The second-order valence-electron chi connectivity index (χ2n) is 6.71. The average molecular weight is 312 g/mol. The van der Waals surface area contributed by atoms with Crippen LogP contribution in [0.5, 0.6) is 0 Å². The summed E-state index contributed by atoms with van der Waals surface area (Å²) in [5, 5.41) is 4.04. The number of fused-ring (bicyclic) bond motifs is 1. The summed E-state index contributed by atoms with van der Waals surface area (Å²) in [6, 6.07) is 4.99. The number of rotatable bonds is 7. The third-order valence-corrected chi connectivity index (χ3v) is 5.41. The quantitative estimate of drug-likeness (QED) is 0.776. The van der Waals surface area contributed by atoms with E-state index in [1.807, 2.05) is 0 Å². The van der Waals surface area contributed by atoms with Crippen molar-refractivity contribution in [2.75, 3.05) is 26.8 Å². The number of nitrogens with one attached hydrogen (secondary N) is 1. The number of hydrogen-bond acceptors (Lipinski definition) is 2. The van der Waals surface area contributed by atoms with Crippen molar-refractivity contribution in [2.24, 2.45) is 17.3 Å². The van der Waals surface area contributed by atoms with Gasteiger partial charge in [-0.15, -0.1) is 0 Å². The lowest BCUT2D eigenvalue weighted by Gasteiger charge is -2.32. The molecule has 3 rings (SSSR count). The summed E-state index contributed by atoms with van der Waals surface area (Å²) < 4.78 is 19.2. The van der Waals surface area contributed by atoms with E-state index in [4.69, 9.17) is 16.3 Å². The molecule has 0 heterocycles. The van der Waals surface area contributed by atoms with E-state index >= 15 is 0 Å². The van der Waals surface area contributed by atoms with E-state index in [1.165, 1.54) is 25.3 Å². The van der Waals surface area contributed by atoms with Gasteiger partial charge in [0.25, 0.3) is 0 Å². The Kier molecular flexibility index (Phi) is 4.53. The molecule has 2 aliphatic rings. The molecule has 0 aliphatic heterocycles. The number of halogens is 2. The van der Waals surface area contributed by atoms with Gasteiger partial charge in [-0.1, -0.05) is 17.7 Å². The Balaban J connectivity index is 1.71. The first-order valence-electron chi connectivity index (χ1n) is 7.76. The zero-order chi connectivity index (χ0) is 14.9. The molecule has 1 aromatic rings. The maximum Gasteiger partial charge on any atom is 0.127 e. The Bertz CT molecular complexity index is 477. The average Bonchev–Trinajstić information content (AvgIpc) is 3.08. The minimum Gasteiger partial charge on any atom is -0.383 e. The predicted molar refractivity (Wildman–Crippen MR) is 83.1 cm³/mol. The first-order chi connectivity index (χ1) is 10.1. The lowest BCUT2D eigenvalue weighted by Crippen LogP contribution is -2.37. The number of methoxy groups -OCH3 is 1. The Hall–Kier alpha value is -0.640. The van der Waals surface area contributed by atoms with Gasteiger partial charge < -0.3 is 10.1 Å². The van der Waals surface area contributed by atoms with Crippen molar-refractivity contribution in [3.63, 3.8) is 0 Å². The molecule has 2 unspecified atom stereocenters.